The molecule has 0 aromatic heterocycles. The third-order valence-electron chi connectivity index (χ3n) is 3.66. The number of benzene rings is 2. The second kappa shape index (κ2) is 8.87. The van der Waals surface area contributed by atoms with Crippen molar-refractivity contribution in [3.05, 3.63) is 41.5 Å². The van der Waals surface area contributed by atoms with E-state index in [1.807, 2.05) is 30.4 Å². The van der Waals surface area contributed by atoms with Crippen LogP contribution >= 0.6 is 7.37 Å². The standard InChI is InChI=1S/C20H25O6P/c1-22-16-10-9-14(11-17(16)26-27(5,6)21)7-8-15-12-18(23-2)20(25-4)19(13-15)24-3/h7-13H,1-6H3/b8-7-. The average Bonchev–Trinajstić information content (AvgIpc) is 2.64. The molecule has 27 heavy (non-hydrogen) atoms. The number of hydrogen-bond acceptors (Lipinski definition) is 6. The second-order valence-corrected chi connectivity index (χ2v) is 8.73. The summed E-state index contributed by atoms with van der Waals surface area (Å²) in [5, 5.41) is 0. The summed E-state index contributed by atoms with van der Waals surface area (Å²) >= 11 is 0. The Kier molecular flexibility index (Phi) is 6.81. The van der Waals surface area contributed by atoms with Crippen molar-refractivity contribution in [2.45, 2.75) is 0 Å². The highest BCUT2D eigenvalue weighted by atomic mass is 31.2. The summed E-state index contributed by atoms with van der Waals surface area (Å²) in [4.78, 5) is 0. The zero-order valence-electron chi connectivity index (χ0n) is 16.4. The van der Waals surface area contributed by atoms with Crippen LogP contribution in [0.4, 0.5) is 0 Å². The maximum absolute atomic E-state index is 12.0. The number of rotatable bonds is 8. The van der Waals surface area contributed by atoms with Gasteiger partial charge in [-0.1, -0.05) is 18.2 Å². The summed E-state index contributed by atoms with van der Waals surface area (Å²) in [6.07, 6.45) is 3.82. The van der Waals surface area contributed by atoms with Crippen LogP contribution in [0.2, 0.25) is 0 Å². The third-order valence-corrected chi connectivity index (χ3v) is 4.30. The minimum atomic E-state index is -2.71. The number of methoxy groups -OCH3 is 4. The van der Waals surface area contributed by atoms with Crippen molar-refractivity contribution < 1.29 is 28.0 Å². The van der Waals surface area contributed by atoms with Crippen LogP contribution in [-0.4, -0.2) is 41.8 Å². The van der Waals surface area contributed by atoms with Gasteiger partial charge in [-0.2, -0.15) is 0 Å². The average molecular weight is 392 g/mol. The van der Waals surface area contributed by atoms with Crippen LogP contribution < -0.4 is 23.5 Å². The van der Waals surface area contributed by atoms with E-state index in [1.54, 1.807) is 53.9 Å². The summed E-state index contributed by atoms with van der Waals surface area (Å²) in [6.45, 7) is 3.12. The van der Waals surface area contributed by atoms with E-state index in [0.717, 1.165) is 11.1 Å². The third kappa shape index (κ3) is 5.44. The smallest absolute Gasteiger partial charge is 0.242 e. The van der Waals surface area contributed by atoms with E-state index in [2.05, 4.69) is 0 Å². The second-order valence-electron chi connectivity index (χ2n) is 6.05. The largest absolute Gasteiger partial charge is 0.493 e. The molecule has 146 valence electrons. The first-order chi connectivity index (χ1) is 12.8. The molecule has 0 atom stereocenters. The van der Waals surface area contributed by atoms with E-state index in [9.17, 15) is 4.57 Å². The molecule has 0 aliphatic carbocycles. The summed E-state index contributed by atoms with van der Waals surface area (Å²) in [5.74, 6) is 2.67. The number of ether oxygens (including phenoxy) is 4. The zero-order valence-corrected chi connectivity index (χ0v) is 17.3. The fourth-order valence-electron chi connectivity index (χ4n) is 2.50. The molecular formula is C20H25O6P. The van der Waals surface area contributed by atoms with E-state index < -0.39 is 7.37 Å². The molecule has 6 nitrogen and oxygen atoms in total. The van der Waals surface area contributed by atoms with Gasteiger partial charge < -0.3 is 23.5 Å². The fourth-order valence-corrected chi connectivity index (χ4v) is 3.11. The van der Waals surface area contributed by atoms with Gasteiger partial charge in [0, 0.05) is 13.3 Å². The van der Waals surface area contributed by atoms with Crippen molar-refractivity contribution in [2.75, 3.05) is 41.8 Å². The van der Waals surface area contributed by atoms with E-state index in [1.165, 1.54) is 0 Å². The van der Waals surface area contributed by atoms with Gasteiger partial charge in [0.15, 0.2) is 23.0 Å². The molecule has 0 N–H and O–H groups in total. The van der Waals surface area contributed by atoms with Gasteiger partial charge in [-0.15, -0.1) is 0 Å². The Morgan fingerprint density at radius 2 is 1.22 bits per heavy atom. The van der Waals surface area contributed by atoms with E-state index >= 15 is 0 Å². The van der Waals surface area contributed by atoms with Gasteiger partial charge in [0.2, 0.25) is 13.1 Å². The van der Waals surface area contributed by atoms with Crippen molar-refractivity contribution in [1.82, 2.24) is 0 Å². The molecule has 0 radical (unpaired) electrons. The lowest BCUT2D eigenvalue weighted by Gasteiger charge is -2.14. The maximum atomic E-state index is 12.0. The minimum Gasteiger partial charge on any atom is -0.493 e. The monoisotopic (exact) mass is 392 g/mol. The molecule has 7 heteroatoms. The molecule has 0 saturated heterocycles. The van der Waals surface area contributed by atoms with Crippen molar-refractivity contribution >= 4 is 19.5 Å². The topological polar surface area (TPSA) is 63.2 Å². The molecule has 2 aromatic carbocycles. The van der Waals surface area contributed by atoms with Crippen LogP contribution in [0, 0.1) is 0 Å². The van der Waals surface area contributed by atoms with E-state index in [0.29, 0.717) is 28.7 Å². The lowest BCUT2D eigenvalue weighted by molar-refractivity contribution is 0.324. The summed E-state index contributed by atoms with van der Waals surface area (Å²) in [5.41, 5.74) is 1.74. The SMILES string of the molecule is COc1ccc(/C=C\c2cc(OC)c(OC)c(OC)c2)cc1OP(C)(C)=O. The molecule has 0 spiro atoms. The van der Waals surface area contributed by atoms with Crippen LogP contribution in [0.5, 0.6) is 28.7 Å². The molecule has 0 aliphatic heterocycles. The van der Waals surface area contributed by atoms with Crippen LogP contribution in [-0.2, 0) is 4.57 Å². The predicted octanol–water partition coefficient (Wildman–Crippen LogP) is 4.81. The Morgan fingerprint density at radius 1 is 0.704 bits per heavy atom. The molecule has 0 saturated carbocycles. The molecule has 0 heterocycles. The minimum absolute atomic E-state index is 0.442. The summed E-state index contributed by atoms with van der Waals surface area (Å²) < 4.78 is 38.9. The number of hydrogen-bond donors (Lipinski definition) is 0. The van der Waals surface area contributed by atoms with E-state index in [-0.39, 0.29) is 0 Å². The first kappa shape index (κ1) is 20.7. The molecule has 0 unspecified atom stereocenters. The zero-order chi connectivity index (χ0) is 20.0. The molecular weight excluding hydrogens is 367 g/mol. The van der Waals surface area contributed by atoms with Crippen molar-refractivity contribution in [3.8, 4) is 28.7 Å². The van der Waals surface area contributed by atoms with Gasteiger partial charge in [-0.3, -0.25) is 4.57 Å². The van der Waals surface area contributed by atoms with E-state index in [4.69, 9.17) is 23.5 Å². The molecule has 0 aliphatic rings. The van der Waals surface area contributed by atoms with Crippen LogP contribution in [0.3, 0.4) is 0 Å². The lowest BCUT2D eigenvalue weighted by atomic mass is 10.1. The highest BCUT2D eigenvalue weighted by Gasteiger charge is 2.14. The summed E-state index contributed by atoms with van der Waals surface area (Å²) in [7, 11) is 3.55. The van der Waals surface area contributed by atoms with Crippen molar-refractivity contribution in [2.24, 2.45) is 0 Å². The van der Waals surface area contributed by atoms with Crippen LogP contribution in [0.1, 0.15) is 11.1 Å². The normalized spacial score (nSPS) is 11.3. The lowest BCUT2D eigenvalue weighted by Crippen LogP contribution is -1.95. The molecule has 0 bridgehead atoms. The Hall–Kier alpha value is -2.59. The highest BCUT2D eigenvalue weighted by Crippen LogP contribution is 2.43. The molecule has 2 aromatic rings. The Balaban J connectivity index is 2.37. The molecule has 0 amide bonds. The van der Waals surface area contributed by atoms with Gasteiger partial charge in [0.1, 0.15) is 0 Å². The highest BCUT2D eigenvalue weighted by molar-refractivity contribution is 7.57. The molecule has 0 fully saturated rings. The van der Waals surface area contributed by atoms with Crippen molar-refractivity contribution in [3.63, 3.8) is 0 Å². The Bertz CT molecular complexity index is 844. The Labute approximate surface area is 160 Å². The Morgan fingerprint density at radius 3 is 1.70 bits per heavy atom. The first-order valence-corrected chi connectivity index (χ1v) is 10.7. The quantitative estimate of drug-likeness (QED) is 0.475. The van der Waals surface area contributed by atoms with Gasteiger partial charge >= 0.3 is 0 Å². The van der Waals surface area contributed by atoms with Gasteiger partial charge in [0.05, 0.1) is 28.4 Å². The van der Waals surface area contributed by atoms with Gasteiger partial charge in [-0.25, -0.2) is 0 Å². The maximum Gasteiger partial charge on any atom is 0.242 e. The van der Waals surface area contributed by atoms with Crippen LogP contribution in [0.15, 0.2) is 30.3 Å². The van der Waals surface area contributed by atoms with Crippen molar-refractivity contribution in [1.29, 1.82) is 0 Å². The summed E-state index contributed by atoms with van der Waals surface area (Å²) in [6, 6.07) is 9.15. The predicted molar refractivity (Wildman–Crippen MR) is 108 cm³/mol. The molecule has 2 rings (SSSR count). The first-order valence-electron chi connectivity index (χ1n) is 8.22. The van der Waals surface area contributed by atoms with Gasteiger partial charge in [0.25, 0.3) is 0 Å². The van der Waals surface area contributed by atoms with Crippen LogP contribution in [0.25, 0.3) is 12.2 Å². The van der Waals surface area contributed by atoms with Gasteiger partial charge in [-0.05, 0) is 35.4 Å². The fraction of sp³-hybridized carbons (Fsp3) is 0.300.